The molecule has 622 valence electrons. The van der Waals surface area contributed by atoms with E-state index in [1.807, 2.05) is 18.2 Å². The van der Waals surface area contributed by atoms with E-state index < -0.39 is 97.5 Å². The monoisotopic (exact) mass is 1560 g/mol. The average molecular weight is 1560 g/mol. The van der Waals surface area contributed by atoms with Crippen LogP contribution in [0.1, 0.15) is 362 Å². The third kappa shape index (κ3) is 79.5. The molecule has 0 bridgehead atoms. The van der Waals surface area contributed by atoms with Crippen molar-refractivity contribution in [2.75, 3.05) is 39.6 Å². The normalized spacial score (nSPS) is 14.4. The van der Waals surface area contributed by atoms with Crippen LogP contribution in [0.15, 0.2) is 122 Å². The molecular weight excluding hydrogens is 1400 g/mol. The Morgan fingerprint density at radius 2 is 0.500 bits per heavy atom. The maximum atomic E-state index is 13.1. The molecule has 0 heterocycles. The van der Waals surface area contributed by atoms with E-state index in [4.69, 9.17) is 37.0 Å². The van der Waals surface area contributed by atoms with Crippen molar-refractivity contribution in [1.29, 1.82) is 0 Å². The highest BCUT2D eigenvalue weighted by Gasteiger charge is 2.30. The lowest BCUT2D eigenvalue weighted by molar-refractivity contribution is -0.161. The topological polar surface area (TPSA) is 237 Å². The number of aliphatic hydroxyl groups is 1. The van der Waals surface area contributed by atoms with Crippen LogP contribution in [0.5, 0.6) is 0 Å². The van der Waals surface area contributed by atoms with Gasteiger partial charge in [0.15, 0.2) is 12.2 Å². The fourth-order valence-electron chi connectivity index (χ4n) is 11.5. The summed E-state index contributed by atoms with van der Waals surface area (Å²) < 4.78 is 68.7. The molecule has 0 rings (SSSR count). The Morgan fingerprint density at radius 1 is 0.269 bits per heavy atom. The van der Waals surface area contributed by atoms with Crippen LogP contribution in [0.3, 0.4) is 0 Å². The number of aliphatic hydroxyl groups excluding tert-OH is 1. The number of esters is 4. The minimum atomic E-state index is -5.00. The number of hydrogen-bond acceptors (Lipinski definition) is 15. The van der Waals surface area contributed by atoms with Crippen molar-refractivity contribution in [3.63, 3.8) is 0 Å². The Kier molecular flexibility index (Phi) is 77.1. The van der Waals surface area contributed by atoms with Crippen LogP contribution in [0.4, 0.5) is 0 Å². The predicted molar refractivity (Wildman–Crippen MR) is 445 cm³/mol. The third-order valence-corrected chi connectivity index (χ3v) is 19.9. The van der Waals surface area contributed by atoms with E-state index in [2.05, 4.69) is 131 Å². The van der Waals surface area contributed by atoms with Gasteiger partial charge in [-0.3, -0.25) is 37.3 Å². The number of ether oxygens (including phenoxy) is 4. The van der Waals surface area contributed by atoms with Crippen LogP contribution in [0.2, 0.25) is 0 Å². The van der Waals surface area contributed by atoms with Gasteiger partial charge in [0.1, 0.15) is 19.3 Å². The SMILES string of the molecule is CC/C=C\C/C=C\C/C=C\C/C=C\C/C=C\CCCCCC(=O)O[C@H](COC(=O)CCCCCCCCCCCCCCCCC)COP(=O)(O)OC[C@@H](O)COP(=O)(O)OC[C@@H](COC(=O)CCCCCCCCCCCCCCCCC)OC(=O)CC/C=C\C/C=C\C/C=C\C/C=C\C/C=C\CCCCC. The van der Waals surface area contributed by atoms with E-state index in [-0.39, 0.29) is 25.7 Å². The maximum absolute atomic E-state index is 13.1. The second kappa shape index (κ2) is 80.5. The van der Waals surface area contributed by atoms with Gasteiger partial charge < -0.3 is 33.8 Å². The second-order valence-electron chi connectivity index (χ2n) is 28.4. The van der Waals surface area contributed by atoms with E-state index in [1.54, 1.807) is 0 Å². The van der Waals surface area contributed by atoms with Gasteiger partial charge >= 0.3 is 39.5 Å². The highest BCUT2D eigenvalue weighted by molar-refractivity contribution is 7.47. The molecule has 17 nitrogen and oxygen atoms in total. The fourth-order valence-corrected chi connectivity index (χ4v) is 13.0. The molecule has 0 saturated heterocycles. The molecule has 0 aromatic carbocycles. The molecule has 0 aromatic rings. The number of allylic oxidation sites excluding steroid dienone is 20. The largest absolute Gasteiger partial charge is 0.472 e. The molecule has 0 aliphatic rings. The number of carbonyl (C=O) groups excluding carboxylic acids is 4. The standard InChI is InChI=1S/C89H154O17P2/c1-5-9-13-17-21-25-29-33-37-39-41-43-47-51-55-59-63-67-71-75-88(93)105-84(79-99-86(91)73-69-65-61-57-53-49-45-35-31-27-23-19-15-11-7-3)81-103-107(95,96)101-77-83(90)78-102-108(97,98)104-82-85(80-100-87(92)74-70-66-62-58-54-50-46-36-32-28-24-20-16-12-8-4)106-89(94)76-72-68-64-60-56-52-48-44-42-40-38-34-30-26-22-18-14-10-6-2/h9,13,21-22,25-26,33-34,37-38,41-44,51-52,55-56,64,68,83-85,90H,5-8,10-12,14-20,23-24,27-32,35-36,39-40,45-50,53-54,57-63,65-67,69-82H2,1-4H3,(H,95,96)(H,97,98)/b13-9-,25-21-,26-22-,37-33-,38-34-,43-41-,44-42-,55-51-,56-52-,68-64-/t83-,84-,85-/m1/s1. The molecule has 108 heavy (non-hydrogen) atoms. The minimum Gasteiger partial charge on any atom is -0.462 e. The molecule has 0 aliphatic carbocycles. The molecule has 2 unspecified atom stereocenters. The Balaban J connectivity index is 5.46. The number of rotatable bonds is 80. The molecule has 0 spiro atoms. The van der Waals surface area contributed by atoms with Gasteiger partial charge in [0.05, 0.1) is 26.4 Å². The first kappa shape index (κ1) is 103. The van der Waals surface area contributed by atoms with Crippen LogP contribution in [-0.2, 0) is 65.4 Å². The number of phosphoric ester groups is 2. The first-order valence-electron chi connectivity index (χ1n) is 42.8. The molecule has 0 amide bonds. The zero-order valence-electron chi connectivity index (χ0n) is 68.2. The second-order valence-corrected chi connectivity index (χ2v) is 31.3. The Morgan fingerprint density at radius 3 is 0.815 bits per heavy atom. The Labute approximate surface area is 657 Å². The molecule has 0 radical (unpaired) electrons. The van der Waals surface area contributed by atoms with E-state index >= 15 is 0 Å². The van der Waals surface area contributed by atoms with E-state index in [0.717, 1.165) is 116 Å². The summed E-state index contributed by atoms with van der Waals surface area (Å²) in [5, 5.41) is 10.7. The molecule has 0 aliphatic heterocycles. The lowest BCUT2D eigenvalue weighted by Crippen LogP contribution is -2.30. The molecule has 3 N–H and O–H groups in total. The van der Waals surface area contributed by atoms with Crippen molar-refractivity contribution in [1.82, 2.24) is 0 Å². The van der Waals surface area contributed by atoms with Gasteiger partial charge in [-0.05, 0) is 109 Å². The fraction of sp³-hybridized carbons (Fsp3) is 0.730. The van der Waals surface area contributed by atoms with E-state index in [9.17, 15) is 43.2 Å². The van der Waals surface area contributed by atoms with Crippen LogP contribution in [-0.4, -0.2) is 96.7 Å². The summed E-state index contributed by atoms with van der Waals surface area (Å²) in [5.41, 5.74) is 0. The lowest BCUT2D eigenvalue weighted by Gasteiger charge is -2.21. The van der Waals surface area contributed by atoms with E-state index in [1.165, 1.54) is 161 Å². The molecular formula is C89H154O17P2. The highest BCUT2D eigenvalue weighted by Crippen LogP contribution is 2.45. The van der Waals surface area contributed by atoms with Crippen LogP contribution in [0, 0.1) is 0 Å². The number of unbranched alkanes of at least 4 members (excludes halogenated alkanes) is 34. The summed E-state index contributed by atoms with van der Waals surface area (Å²) in [6.07, 6.45) is 90.3. The maximum Gasteiger partial charge on any atom is 0.472 e. The molecule has 0 aromatic heterocycles. The van der Waals surface area contributed by atoms with Gasteiger partial charge in [0, 0.05) is 25.7 Å². The van der Waals surface area contributed by atoms with Crippen LogP contribution < -0.4 is 0 Å². The summed E-state index contributed by atoms with van der Waals surface area (Å²) in [5.74, 6) is -2.29. The number of carbonyl (C=O) groups is 4. The van der Waals surface area contributed by atoms with Gasteiger partial charge in [-0.1, -0.05) is 348 Å². The first-order valence-corrected chi connectivity index (χ1v) is 45.8. The number of phosphoric acid groups is 2. The quantitative estimate of drug-likeness (QED) is 0.0169. The smallest absolute Gasteiger partial charge is 0.462 e. The van der Waals surface area contributed by atoms with Crippen LogP contribution >= 0.6 is 15.6 Å². The zero-order chi connectivity index (χ0) is 78.9. The minimum absolute atomic E-state index is 0.0284. The third-order valence-electron chi connectivity index (χ3n) is 18.0. The summed E-state index contributed by atoms with van der Waals surface area (Å²) in [4.78, 5) is 73.2. The van der Waals surface area contributed by atoms with Crippen molar-refractivity contribution >= 4 is 39.5 Å². The van der Waals surface area contributed by atoms with Gasteiger partial charge in [-0.15, -0.1) is 0 Å². The Bertz CT molecular complexity index is 2520. The van der Waals surface area contributed by atoms with Gasteiger partial charge in [0.25, 0.3) is 0 Å². The number of hydrogen-bond donors (Lipinski definition) is 3. The van der Waals surface area contributed by atoms with Crippen molar-refractivity contribution in [2.24, 2.45) is 0 Å². The molecule has 19 heteroatoms. The first-order chi connectivity index (χ1) is 52.7. The zero-order valence-corrected chi connectivity index (χ0v) is 70.0. The van der Waals surface area contributed by atoms with Crippen LogP contribution in [0.25, 0.3) is 0 Å². The Hall–Kier alpha value is -4.54. The lowest BCUT2D eigenvalue weighted by atomic mass is 10.0. The summed E-state index contributed by atoms with van der Waals surface area (Å²) >= 11 is 0. The average Bonchev–Trinajstić information content (AvgIpc) is 0.907. The summed E-state index contributed by atoms with van der Waals surface area (Å²) in [6.45, 7) is 4.68. The van der Waals surface area contributed by atoms with Crippen molar-refractivity contribution in [3.8, 4) is 0 Å². The molecule has 0 fully saturated rings. The van der Waals surface area contributed by atoms with E-state index in [0.29, 0.717) is 32.1 Å². The van der Waals surface area contributed by atoms with Gasteiger partial charge in [-0.25, -0.2) is 9.13 Å². The highest BCUT2D eigenvalue weighted by atomic mass is 31.2. The van der Waals surface area contributed by atoms with Gasteiger partial charge in [0.2, 0.25) is 0 Å². The molecule has 5 atom stereocenters. The van der Waals surface area contributed by atoms with Crippen molar-refractivity contribution in [2.45, 2.75) is 380 Å². The van der Waals surface area contributed by atoms with Crippen molar-refractivity contribution in [3.05, 3.63) is 122 Å². The van der Waals surface area contributed by atoms with Gasteiger partial charge in [-0.2, -0.15) is 0 Å². The predicted octanol–water partition coefficient (Wildman–Crippen LogP) is 25.5. The van der Waals surface area contributed by atoms with Crippen molar-refractivity contribution < 1.29 is 80.2 Å². The molecule has 0 saturated carbocycles. The summed E-state index contributed by atoms with van der Waals surface area (Å²) in [7, 11) is -10.00. The summed E-state index contributed by atoms with van der Waals surface area (Å²) in [6, 6.07) is 0.